The number of hydrogen-bond acceptors (Lipinski definition) is 2. The van der Waals surface area contributed by atoms with Crippen LogP contribution < -0.4 is 5.32 Å². The Morgan fingerprint density at radius 3 is 2.09 bits per heavy atom. The maximum absolute atomic E-state index is 12.2. The van der Waals surface area contributed by atoms with Crippen molar-refractivity contribution < 1.29 is 4.79 Å². The largest absolute Gasteiger partial charge is 0.350 e. The molecule has 1 unspecified atom stereocenters. The molecule has 0 aromatic heterocycles. The fourth-order valence-corrected chi connectivity index (χ4v) is 3.91. The Hall–Kier alpha value is -1.45. The molecule has 22 heavy (non-hydrogen) atoms. The number of hydrogen-bond donors (Lipinski definition) is 1. The lowest BCUT2D eigenvalue weighted by Crippen LogP contribution is -2.33. The number of thioether (sulfide) groups is 1. The topological polar surface area (TPSA) is 29.1 Å². The Morgan fingerprint density at radius 2 is 1.59 bits per heavy atom. The molecule has 0 aliphatic heterocycles. The van der Waals surface area contributed by atoms with E-state index in [1.165, 1.54) is 11.8 Å². The molecule has 0 radical (unpaired) electrons. The minimum Gasteiger partial charge on any atom is -0.350 e. The molecule has 0 aliphatic carbocycles. The first kappa shape index (κ1) is 16.9. The summed E-state index contributed by atoms with van der Waals surface area (Å²) in [5.41, 5.74) is 2.19. The average Bonchev–Trinajstić information content (AvgIpc) is 2.53. The van der Waals surface area contributed by atoms with Gasteiger partial charge in [-0.2, -0.15) is 0 Å². The van der Waals surface area contributed by atoms with Crippen molar-refractivity contribution in [2.24, 2.45) is 5.92 Å². The highest BCUT2D eigenvalue weighted by Gasteiger charge is 2.40. The molecule has 1 N–H and O–H groups in total. The molecule has 116 valence electrons. The highest BCUT2D eigenvalue weighted by Crippen LogP contribution is 2.49. The summed E-state index contributed by atoms with van der Waals surface area (Å²) in [5.74, 6) is 0.221. The number of amides is 1. The van der Waals surface area contributed by atoms with Gasteiger partial charge in [0.05, 0.1) is 4.75 Å². The number of carbonyl (C=O) groups excluding carboxylic acids is 1. The lowest BCUT2D eigenvalue weighted by atomic mass is 9.81. The van der Waals surface area contributed by atoms with Gasteiger partial charge in [-0.25, -0.2) is 0 Å². The minimum atomic E-state index is -0.452. The normalized spacial score (nSPS) is 13.7. The van der Waals surface area contributed by atoms with E-state index in [1.54, 1.807) is 7.05 Å². The Bertz CT molecular complexity index is 627. The van der Waals surface area contributed by atoms with Crippen molar-refractivity contribution in [3.05, 3.63) is 70.7 Å². The highest BCUT2D eigenvalue weighted by molar-refractivity contribution is 8.14. The standard InChI is InChI=1S/C18H20ClNOS/c1-13(2)18(22-17(21)20-3,14-7-5-4-6-8-14)15-9-11-16(19)12-10-15/h4-13H,1-3H3,(H,20,21). The molecular formula is C18H20ClNOS. The van der Waals surface area contributed by atoms with E-state index in [2.05, 4.69) is 31.3 Å². The van der Waals surface area contributed by atoms with Crippen molar-refractivity contribution in [1.29, 1.82) is 0 Å². The van der Waals surface area contributed by atoms with Crippen LogP contribution in [-0.4, -0.2) is 12.3 Å². The predicted molar refractivity (Wildman–Crippen MR) is 95.6 cm³/mol. The van der Waals surface area contributed by atoms with Crippen LogP contribution in [0.5, 0.6) is 0 Å². The lowest BCUT2D eigenvalue weighted by molar-refractivity contribution is 0.262. The molecule has 2 rings (SSSR count). The molecule has 2 nitrogen and oxygen atoms in total. The van der Waals surface area contributed by atoms with Gasteiger partial charge in [0.2, 0.25) is 0 Å². The fourth-order valence-electron chi connectivity index (χ4n) is 2.65. The van der Waals surface area contributed by atoms with Crippen LogP contribution in [0.4, 0.5) is 4.79 Å². The van der Waals surface area contributed by atoms with E-state index in [-0.39, 0.29) is 11.2 Å². The third-order valence-corrected chi connectivity index (χ3v) is 5.65. The van der Waals surface area contributed by atoms with Gasteiger partial charge >= 0.3 is 0 Å². The summed E-state index contributed by atoms with van der Waals surface area (Å²) < 4.78 is -0.452. The number of rotatable bonds is 4. The van der Waals surface area contributed by atoms with Crippen molar-refractivity contribution >= 4 is 28.6 Å². The van der Waals surface area contributed by atoms with Crippen LogP contribution in [0, 0.1) is 5.92 Å². The molecule has 0 spiro atoms. The smallest absolute Gasteiger partial charge is 0.280 e. The molecule has 2 aromatic rings. The summed E-state index contributed by atoms with van der Waals surface area (Å²) in [6, 6.07) is 17.9. The Morgan fingerprint density at radius 1 is 1.05 bits per heavy atom. The van der Waals surface area contributed by atoms with Crippen LogP contribution >= 0.6 is 23.4 Å². The van der Waals surface area contributed by atoms with Crippen molar-refractivity contribution in [2.75, 3.05) is 7.05 Å². The van der Waals surface area contributed by atoms with Gasteiger partial charge in [0, 0.05) is 12.1 Å². The third-order valence-electron chi connectivity index (χ3n) is 3.75. The molecule has 0 saturated carbocycles. The van der Waals surface area contributed by atoms with Crippen LogP contribution in [0.15, 0.2) is 54.6 Å². The van der Waals surface area contributed by atoms with Gasteiger partial charge in [-0.3, -0.25) is 4.79 Å². The first-order valence-corrected chi connectivity index (χ1v) is 8.42. The molecule has 0 saturated heterocycles. The van der Waals surface area contributed by atoms with E-state index in [0.717, 1.165) is 11.1 Å². The van der Waals surface area contributed by atoms with E-state index in [9.17, 15) is 4.79 Å². The molecule has 0 heterocycles. The zero-order valence-corrected chi connectivity index (χ0v) is 14.5. The molecule has 2 aromatic carbocycles. The van der Waals surface area contributed by atoms with Crippen LogP contribution in [0.2, 0.25) is 5.02 Å². The summed E-state index contributed by atoms with van der Waals surface area (Å²) in [6.07, 6.45) is 0. The number of halogens is 1. The Labute approximate surface area is 141 Å². The van der Waals surface area contributed by atoms with E-state index in [1.807, 2.05) is 42.5 Å². The number of benzene rings is 2. The zero-order chi connectivity index (χ0) is 16.2. The summed E-state index contributed by atoms with van der Waals surface area (Å²) in [4.78, 5) is 12.2. The van der Waals surface area contributed by atoms with E-state index < -0.39 is 4.75 Å². The first-order chi connectivity index (χ1) is 10.5. The van der Waals surface area contributed by atoms with Crippen molar-refractivity contribution in [3.8, 4) is 0 Å². The van der Waals surface area contributed by atoms with Crippen LogP contribution in [-0.2, 0) is 4.75 Å². The second kappa shape index (κ2) is 7.21. The van der Waals surface area contributed by atoms with Gasteiger partial charge in [-0.05, 0) is 40.9 Å². The summed E-state index contributed by atoms with van der Waals surface area (Å²) in [5, 5.41) is 3.37. The molecule has 0 aliphatic rings. The van der Waals surface area contributed by atoms with E-state index in [0.29, 0.717) is 5.02 Å². The van der Waals surface area contributed by atoms with Gasteiger partial charge in [-0.1, -0.05) is 67.9 Å². The van der Waals surface area contributed by atoms with Gasteiger partial charge in [0.1, 0.15) is 0 Å². The third kappa shape index (κ3) is 3.31. The SMILES string of the molecule is CNC(=O)SC(c1ccccc1)(c1ccc(Cl)cc1)C(C)C. The fraction of sp³-hybridized carbons (Fsp3) is 0.278. The lowest BCUT2D eigenvalue weighted by Gasteiger charge is -2.37. The van der Waals surface area contributed by atoms with Crippen molar-refractivity contribution in [2.45, 2.75) is 18.6 Å². The number of carbonyl (C=O) groups is 1. The van der Waals surface area contributed by atoms with Crippen LogP contribution in [0.25, 0.3) is 0 Å². The Balaban J connectivity index is 2.64. The van der Waals surface area contributed by atoms with Gasteiger partial charge in [-0.15, -0.1) is 0 Å². The van der Waals surface area contributed by atoms with Gasteiger partial charge in [0.15, 0.2) is 0 Å². The summed E-state index contributed by atoms with van der Waals surface area (Å²) in [6.45, 7) is 4.27. The van der Waals surface area contributed by atoms with Crippen molar-refractivity contribution in [3.63, 3.8) is 0 Å². The molecule has 0 fully saturated rings. The van der Waals surface area contributed by atoms with Crippen LogP contribution in [0.1, 0.15) is 25.0 Å². The van der Waals surface area contributed by atoms with Gasteiger partial charge in [0.25, 0.3) is 5.24 Å². The minimum absolute atomic E-state index is 0.0486. The maximum Gasteiger partial charge on any atom is 0.280 e. The molecule has 0 bridgehead atoms. The first-order valence-electron chi connectivity index (χ1n) is 7.23. The predicted octanol–water partition coefficient (Wildman–Crippen LogP) is 5.31. The summed E-state index contributed by atoms with van der Waals surface area (Å²) >= 11 is 7.35. The van der Waals surface area contributed by atoms with E-state index in [4.69, 9.17) is 11.6 Å². The second-order valence-electron chi connectivity index (χ2n) is 5.40. The van der Waals surface area contributed by atoms with E-state index >= 15 is 0 Å². The quantitative estimate of drug-likeness (QED) is 0.821. The summed E-state index contributed by atoms with van der Waals surface area (Å²) in [7, 11) is 1.66. The van der Waals surface area contributed by atoms with Crippen molar-refractivity contribution in [1.82, 2.24) is 5.32 Å². The Kier molecular flexibility index (Phi) is 5.54. The van der Waals surface area contributed by atoms with Crippen LogP contribution in [0.3, 0.4) is 0 Å². The van der Waals surface area contributed by atoms with Gasteiger partial charge < -0.3 is 5.32 Å². The highest BCUT2D eigenvalue weighted by atomic mass is 35.5. The average molecular weight is 334 g/mol. The molecule has 1 amide bonds. The molecule has 1 atom stereocenters. The monoisotopic (exact) mass is 333 g/mol. The molecular weight excluding hydrogens is 314 g/mol. The maximum atomic E-state index is 12.2. The number of nitrogens with one attached hydrogen (secondary N) is 1. The zero-order valence-electron chi connectivity index (χ0n) is 13.0. The second-order valence-corrected chi connectivity index (χ2v) is 7.06. The molecule has 4 heteroatoms.